The number of nitrogens with one attached hydrogen (secondary N) is 2. The van der Waals surface area contributed by atoms with E-state index in [9.17, 15) is 14.4 Å². The van der Waals surface area contributed by atoms with Gasteiger partial charge in [0, 0.05) is 10.6 Å². The molecule has 2 fully saturated rings. The topological polar surface area (TPSA) is 74.2 Å². The molecule has 2 aliphatic rings. The number of rotatable bonds is 4. The standard InChI is InChI=1S/C22H23ClN4O3/c1-22(17-7-9-18(23)10-8-17)20(29)27(21(30)24-22)15-25-11-13-26(14-12-25)19(28)16-5-3-2-4-6-16/h2-10H,11-15H2,1H3,(H,24,30)/p+1/t22-/m0/s1. The SMILES string of the molecule is C[C@@]1(c2ccc(Cl)cc2)NC(=O)N(C[NH+]2CCN(C(=O)c3ccccc3)CC2)C1=O. The van der Waals surface area contributed by atoms with Gasteiger partial charge in [0.2, 0.25) is 0 Å². The van der Waals surface area contributed by atoms with Gasteiger partial charge in [-0.25, -0.2) is 9.69 Å². The van der Waals surface area contributed by atoms with Gasteiger partial charge in [-0.3, -0.25) is 9.59 Å². The highest BCUT2D eigenvalue weighted by molar-refractivity contribution is 6.30. The number of carbonyl (C=O) groups is 3. The Hall–Kier alpha value is -2.90. The van der Waals surface area contributed by atoms with Gasteiger partial charge >= 0.3 is 6.03 Å². The Morgan fingerprint density at radius 3 is 2.33 bits per heavy atom. The van der Waals surface area contributed by atoms with Crippen LogP contribution >= 0.6 is 11.6 Å². The monoisotopic (exact) mass is 427 g/mol. The number of imide groups is 1. The summed E-state index contributed by atoms with van der Waals surface area (Å²) in [4.78, 5) is 42.4. The van der Waals surface area contributed by atoms with Gasteiger partial charge in [-0.05, 0) is 36.8 Å². The Morgan fingerprint density at radius 1 is 1.07 bits per heavy atom. The van der Waals surface area contributed by atoms with Crippen LogP contribution in [0.1, 0.15) is 22.8 Å². The third-order valence-electron chi connectivity index (χ3n) is 5.86. The maximum Gasteiger partial charge on any atom is 0.329 e. The smallest absolute Gasteiger partial charge is 0.327 e. The Balaban J connectivity index is 1.38. The second-order valence-electron chi connectivity index (χ2n) is 7.86. The van der Waals surface area contributed by atoms with Gasteiger partial charge in [0.1, 0.15) is 5.54 Å². The largest absolute Gasteiger partial charge is 0.329 e. The number of amides is 4. The van der Waals surface area contributed by atoms with Gasteiger partial charge in [-0.15, -0.1) is 0 Å². The predicted octanol–water partition coefficient (Wildman–Crippen LogP) is 1.11. The highest BCUT2D eigenvalue weighted by Crippen LogP contribution is 2.29. The minimum atomic E-state index is -1.10. The van der Waals surface area contributed by atoms with Gasteiger partial charge in [0.05, 0.1) is 26.2 Å². The quantitative estimate of drug-likeness (QED) is 0.718. The van der Waals surface area contributed by atoms with Crippen LogP contribution in [-0.2, 0) is 10.3 Å². The maximum absolute atomic E-state index is 13.1. The van der Waals surface area contributed by atoms with Crippen molar-refractivity contribution >= 4 is 29.4 Å². The Morgan fingerprint density at radius 2 is 1.70 bits per heavy atom. The lowest BCUT2D eigenvalue weighted by Gasteiger charge is -2.33. The average molecular weight is 428 g/mol. The number of carbonyl (C=O) groups excluding carboxylic acids is 3. The van der Waals surface area contributed by atoms with E-state index >= 15 is 0 Å². The van der Waals surface area contributed by atoms with Crippen molar-refractivity contribution in [3.8, 4) is 0 Å². The van der Waals surface area contributed by atoms with Gasteiger partial charge < -0.3 is 15.1 Å². The van der Waals surface area contributed by atoms with Crippen LogP contribution < -0.4 is 10.2 Å². The van der Waals surface area contributed by atoms with Crippen molar-refractivity contribution in [2.45, 2.75) is 12.5 Å². The molecule has 2 aromatic carbocycles. The molecule has 8 heteroatoms. The summed E-state index contributed by atoms with van der Waals surface area (Å²) in [6, 6.07) is 15.7. The van der Waals surface area contributed by atoms with Crippen molar-refractivity contribution in [3.63, 3.8) is 0 Å². The molecule has 0 aromatic heterocycles. The van der Waals surface area contributed by atoms with Crippen molar-refractivity contribution < 1.29 is 19.3 Å². The van der Waals surface area contributed by atoms with Crippen molar-refractivity contribution in [2.75, 3.05) is 32.8 Å². The fourth-order valence-electron chi connectivity index (χ4n) is 3.99. The molecule has 0 saturated carbocycles. The molecule has 2 saturated heterocycles. The van der Waals surface area contributed by atoms with Crippen LogP contribution in [0.2, 0.25) is 5.02 Å². The zero-order chi connectivity index (χ0) is 21.3. The minimum absolute atomic E-state index is 0.0138. The number of hydrogen-bond donors (Lipinski definition) is 2. The lowest BCUT2D eigenvalue weighted by Crippen LogP contribution is -3.16. The summed E-state index contributed by atoms with van der Waals surface area (Å²) >= 11 is 5.95. The van der Waals surface area contributed by atoms with E-state index in [1.165, 1.54) is 4.90 Å². The minimum Gasteiger partial charge on any atom is -0.327 e. The van der Waals surface area contributed by atoms with E-state index in [4.69, 9.17) is 11.6 Å². The highest BCUT2D eigenvalue weighted by atomic mass is 35.5. The van der Waals surface area contributed by atoms with Crippen molar-refractivity contribution in [2.24, 2.45) is 0 Å². The van der Waals surface area contributed by atoms with Crippen molar-refractivity contribution in [3.05, 3.63) is 70.7 Å². The number of benzene rings is 2. The molecule has 0 aliphatic carbocycles. The highest BCUT2D eigenvalue weighted by Gasteiger charge is 2.50. The van der Waals surface area contributed by atoms with Crippen LogP contribution in [0.4, 0.5) is 4.79 Å². The van der Waals surface area contributed by atoms with E-state index in [2.05, 4.69) is 5.32 Å². The first-order chi connectivity index (χ1) is 14.4. The molecule has 7 nitrogen and oxygen atoms in total. The molecule has 2 aliphatic heterocycles. The number of hydrogen-bond acceptors (Lipinski definition) is 3. The number of halogens is 1. The first-order valence-electron chi connectivity index (χ1n) is 9.96. The van der Waals surface area contributed by atoms with Crippen molar-refractivity contribution in [1.29, 1.82) is 0 Å². The molecule has 0 spiro atoms. The van der Waals surface area contributed by atoms with E-state index in [1.54, 1.807) is 31.2 Å². The first-order valence-corrected chi connectivity index (χ1v) is 10.3. The molecular weight excluding hydrogens is 404 g/mol. The Labute approximate surface area is 180 Å². The van der Waals surface area contributed by atoms with E-state index in [0.29, 0.717) is 42.3 Å². The number of quaternary nitrogens is 1. The molecular formula is C22H24ClN4O3+. The summed E-state index contributed by atoms with van der Waals surface area (Å²) in [5, 5.41) is 3.39. The molecule has 1 atom stereocenters. The normalized spacial score (nSPS) is 22.3. The Bertz CT molecular complexity index is 958. The summed E-state index contributed by atoms with van der Waals surface area (Å²) in [7, 11) is 0. The molecule has 0 bridgehead atoms. The lowest BCUT2D eigenvalue weighted by molar-refractivity contribution is -0.911. The number of piperazine rings is 1. The summed E-state index contributed by atoms with van der Waals surface area (Å²) in [6.07, 6.45) is 0. The van der Waals surface area contributed by atoms with Crippen LogP contribution in [0, 0.1) is 0 Å². The zero-order valence-electron chi connectivity index (χ0n) is 16.7. The molecule has 2 heterocycles. The van der Waals surface area contributed by atoms with Crippen LogP contribution in [0.15, 0.2) is 54.6 Å². The van der Waals surface area contributed by atoms with Gasteiger partial charge in [-0.1, -0.05) is 41.9 Å². The third-order valence-corrected chi connectivity index (χ3v) is 6.11. The van der Waals surface area contributed by atoms with Gasteiger partial charge in [0.15, 0.2) is 6.67 Å². The summed E-state index contributed by atoms with van der Waals surface area (Å²) in [5.41, 5.74) is 0.265. The average Bonchev–Trinajstić information content (AvgIpc) is 2.98. The van der Waals surface area contributed by atoms with Crippen LogP contribution in [0.5, 0.6) is 0 Å². The molecule has 4 rings (SSSR count). The molecule has 30 heavy (non-hydrogen) atoms. The number of urea groups is 1. The summed E-state index contributed by atoms with van der Waals surface area (Å²) in [6.45, 7) is 4.51. The van der Waals surface area contributed by atoms with Gasteiger partial charge in [-0.2, -0.15) is 0 Å². The Kier molecular flexibility index (Phi) is 5.49. The number of nitrogens with zero attached hydrogens (tertiary/aromatic N) is 2. The summed E-state index contributed by atoms with van der Waals surface area (Å²) < 4.78 is 0. The lowest BCUT2D eigenvalue weighted by atomic mass is 9.92. The van der Waals surface area contributed by atoms with E-state index in [1.807, 2.05) is 35.2 Å². The molecule has 0 radical (unpaired) electrons. The second-order valence-corrected chi connectivity index (χ2v) is 8.30. The van der Waals surface area contributed by atoms with E-state index < -0.39 is 11.6 Å². The zero-order valence-corrected chi connectivity index (χ0v) is 17.5. The van der Waals surface area contributed by atoms with Gasteiger partial charge in [0.25, 0.3) is 11.8 Å². The molecule has 4 amide bonds. The van der Waals surface area contributed by atoms with Crippen LogP contribution in [0.25, 0.3) is 0 Å². The third kappa shape index (κ3) is 3.78. The van der Waals surface area contributed by atoms with Crippen LogP contribution in [-0.4, -0.2) is 60.5 Å². The predicted molar refractivity (Wildman–Crippen MR) is 112 cm³/mol. The van der Waals surface area contributed by atoms with E-state index in [0.717, 1.165) is 4.90 Å². The first kappa shape index (κ1) is 20.4. The molecule has 2 N–H and O–H groups in total. The molecule has 156 valence electrons. The molecule has 0 unspecified atom stereocenters. The fraction of sp³-hybridized carbons (Fsp3) is 0.318. The molecule has 2 aromatic rings. The van der Waals surface area contributed by atoms with Crippen LogP contribution in [0.3, 0.4) is 0 Å². The second kappa shape index (κ2) is 8.08. The van der Waals surface area contributed by atoms with E-state index in [-0.39, 0.29) is 18.5 Å². The summed E-state index contributed by atoms with van der Waals surface area (Å²) in [5.74, 6) is -0.259. The van der Waals surface area contributed by atoms with Crippen molar-refractivity contribution in [1.82, 2.24) is 15.1 Å². The maximum atomic E-state index is 13.1. The fourth-order valence-corrected chi connectivity index (χ4v) is 4.12.